The predicted octanol–water partition coefficient (Wildman–Crippen LogP) is 2.65. The second-order valence-corrected chi connectivity index (χ2v) is 5.99. The van der Waals surface area contributed by atoms with Crippen molar-refractivity contribution in [3.05, 3.63) is 50.8 Å². The van der Waals surface area contributed by atoms with Crippen molar-refractivity contribution in [1.82, 2.24) is 9.55 Å². The normalized spacial score (nSPS) is 11.7. The van der Waals surface area contributed by atoms with Crippen LogP contribution in [-0.4, -0.2) is 9.55 Å². The Morgan fingerprint density at radius 1 is 1.35 bits per heavy atom. The first-order valence-electron chi connectivity index (χ1n) is 5.57. The molecule has 90 valence electrons. The lowest BCUT2D eigenvalue weighted by atomic mass is 9.93. The van der Waals surface area contributed by atoms with E-state index >= 15 is 0 Å². The van der Waals surface area contributed by atoms with E-state index in [2.05, 4.69) is 31.1 Å². The van der Waals surface area contributed by atoms with Crippen LogP contribution in [0.15, 0.2) is 34.6 Å². The molecule has 0 saturated heterocycles. The molecule has 0 amide bonds. The summed E-state index contributed by atoms with van der Waals surface area (Å²) in [7, 11) is 0. The first-order chi connectivity index (χ1) is 7.97. The van der Waals surface area contributed by atoms with Crippen LogP contribution in [0.25, 0.3) is 0 Å². The summed E-state index contributed by atoms with van der Waals surface area (Å²) in [6.07, 6.45) is 1.79. The Hall–Kier alpha value is -1.42. The number of thiazole rings is 1. The van der Waals surface area contributed by atoms with Crippen molar-refractivity contribution in [2.75, 3.05) is 0 Å². The summed E-state index contributed by atoms with van der Waals surface area (Å²) in [4.78, 5) is 16.1. The highest BCUT2D eigenvalue weighted by molar-refractivity contribution is 7.09. The monoisotopic (exact) mass is 248 g/mol. The fraction of sp³-hybridized carbons (Fsp3) is 0.385. The van der Waals surface area contributed by atoms with Crippen LogP contribution < -0.4 is 5.56 Å². The smallest absolute Gasteiger partial charge is 0.250 e. The molecule has 0 aromatic carbocycles. The standard InChI is InChI=1S/C13H16N2OS/c1-13(2,3)10-9-17-11(14-10)8-15-7-5-4-6-12(15)16/h4-7,9H,8H2,1-3H3. The lowest BCUT2D eigenvalue weighted by Crippen LogP contribution is -2.18. The molecule has 2 aromatic heterocycles. The maximum absolute atomic E-state index is 11.6. The van der Waals surface area contributed by atoms with Crippen molar-refractivity contribution in [3.8, 4) is 0 Å². The van der Waals surface area contributed by atoms with E-state index in [1.165, 1.54) is 0 Å². The van der Waals surface area contributed by atoms with Gasteiger partial charge in [0.05, 0.1) is 12.2 Å². The molecule has 3 nitrogen and oxygen atoms in total. The summed E-state index contributed by atoms with van der Waals surface area (Å²) in [5.41, 5.74) is 1.16. The van der Waals surface area contributed by atoms with Crippen LogP contribution in [0.3, 0.4) is 0 Å². The highest BCUT2D eigenvalue weighted by atomic mass is 32.1. The second kappa shape index (κ2) is 4.45. The molecule has 0 spiro atoms. The summed E-state index contributed by atoms with van der Waals surface area (Å²) in [5, 5.41) is 3.05. The van der Waals surface area contributed by atoms with Crippen LogP contribution in [-0.2, 0) is 12.0 Å². The Morgan fingerprint density at radius 3 is 2.71 bits per heavy atom. The summed E-state index contributed by atoms with van der Waals surface area (Å²) in [6.45, 7) is 6.97. The van der Waals surface area contributed by atoms with Crippen molar-refractivity contribution in [1.29, 1.82) is 0 Å². The minimum atomic E-state index is 0.0139. The molecular weight excluding hydrogens is 232 g/mol. The van der Waals surface area contributed by atoms with Crippen molar-refractivity contribution < 1.29 is 0 Å². The van der Waals surface area contributed by atoms with Gasteiger partial charge in [-0.05, 0) is 6.07 Å². The minimum Gasteiger partial charge on any atom is -0.309 e. The van der Waals surface area contributed by atoms with Crippen LogP contribution in [0, 0.1) is 0 Å². The molecule has 0 saturated carbocycles. The molecule has 2 aromatic rings. The van der Waals surface area contributed by atoms with Gasteiger partial charge >= 0.3 is 0 Å². The van der Waals surface area contributed by atoms with Gasteiger partial charge in [-0.15, -0.1) is 11.3 Å². The molecule has 0 radical (unpaired) electrons. The first-order valence-corrected chi connectivity index (χ1v) is 6.45. The van der Waals surface area contributed by atoms with E-state index in [1.807, 2.05) is 6.07 Å². The Balaban J connectivity index is 2.24. The molecule has 17 heavy (non-hydrogen) atoms. The number of rotatable bonds is 2. The third-order valence-electron chi connectivity index (χ3n) is 2.52. The van der Waals surface area contributed by atoms with Gasteiger partial charge in [0.15, 0.2) is 0 Å². The van der Waals surface area contributed by atoms with Crippen molar-refractivity contribution in [2.24, 2.45) is 0 Å². The molecule has 2 rings (SSSR count). The van der Waals surface area contributed by atoms with Gasteiger partial charge < -0.3 is 4.57 Å². The Labute approximate surface area is 105 Å². The van der Waals surface area contributed by atoms with Gasteiger partial charge in [0, 0.05) is 23.1 Å². The topological polar surface area (TPSA) is 34.9 Å². The number of hydrogen-bond donors (Lipinski definition) is 0. The van der Waals surface area contributed by atoms with E-state index in [0.29, 0.717) is 6.54 Å². The minimum absolute atomic E-state index is 0.0139. The molecule has 4 heteroatoms. The SMILES string of the molecule is CC(C)(C)c1csc(Cn2ccccc2=O)n1. The van der Waals surface area contributed by atoms with Crippen molar-refractivity contribution in [3.63, 3.8) is 0 Å². The third kappa shape index (κ3) is 2.82. The summed E-state index contributed by atoms with van der Waals surface area (Å²) < 4.78 is 1.67. The van der Waals surface area contributed by atoms with Gasteiger partial charge in [-0.1, -0.05) is 26.8 Å². The van der Waals surface area contributed by atoms with Crippen LogP contribution >= 0.6 is 11.3 Å². The van der Waals surface area contributed by atoms with E-state index in [4.69, 9.17) is 0 Å². The lowest BCUT2D eigenvalue weighted by Gasteiger charge is -2.14. The largest absolute Gasteiger partial charge is 0.309 e. The average molecular weight is 248 g/mol. The highest BCUT2D eigenvalue weighted by Gasteiger charge is 2.17. The molecule has 2 heterocycles. The quantitative estimate of drug-likeness (QED) is 0.819. The van der Waals surface area contributed by atoms with Crippen LogP contribution in [0.1, 0.15) is 31.5 Å². The van der Waals surface area contributed by atoms with Gasteiger partial charge in [0.25, 0.3) is 5.56 Å². The molecule has 0 unspecified atom stereocenters. The number of hydrogen-bond acceptors (Lipinski definition) is 3. The maximum atomic E-state index is 11.6. The zero-order chi connectivity index (χ0) is 12.5. The third-order valence-corrected chi connectivity index (χ3v) is 3.36. The fourth-order valence-electron chi connectivity index (χ4n) is 1.46. The Kier molecular flexibility index (Phi) is 3.15. The van der Waals surface area contributed by atoms with E-state index in [1.54, 1.807) is 34.2 Å². The molecular formula is C13H16N2OS. The summed E-state index contributed by atoms with van der Waals surface area (Å²) >= 11 is 1.61. The summed E-state index contributed by atoms with van der Waals surface area (Å²) in [5.74, 6) is 0. The zero-order valence-corrected chi connectivity index (χ0v) is 11.1. The van der Waals surface area contributed by atoms with Crippen molar-refractivity contribution >= 4 is 11.3 Å². The van der Waals surface area contributed by atoms with Gasteiger partial charge in [-0.3, -0.25) is 4.79 Å². The van der Waals surface area contributed by atoms with Gasteiger partial charge in [-0.25, -0.2) is 4.98 Å². The molecule has 0 aliphatic rings. The van der Waals surface area contributed by atoms with Crippen molar-refractivity contribution in [2.45, 2.75) is 32.7 Å². The number of pyridine rings is 1. The van der Waals surface area contributed by atoms with Gasteiger partial charge in [0.1, 0.15) is 5.01 Å². The Bertz CT molecular complexity index is 563. The van der Waals surface area contributed by atoms with Gasteiger partial charge in [0.2, 0.25) is 0 Å². The highest BCUT2D eigenvalue weighted by Crippen LogP contribution is 2.23. The lowest BCUT2D eigenvalue weighted by molar-refractivity contribution is 0.569. The molecule has 0 aliphatic carbocycles. The Morgan fingerprint density at radius 2 is 2.12 bits per heavy atom. The fourth-order valence-corrected chi connectivity index (χ4v) is 2.48. The summed E-state index contributed by atoms with van der Waals surface area (Å²) in [6, 6.07) is 5.18. The van der Waals surface area contributed by atoms with Gasteiger partial charge in [-0.2, -0.15) is 0 Å². The molecule has 0 N–H and O–H groups in total. The molecule has 0 aliphatic heterocycles. The molecule has 0 fully saturated rings. The second-order valence-electron chi connectivity index (χ2n) is 5.04. The van der Waals surface area contributed by atoms with E-state index in [-0.39, 0.29) is 11.0 Å². The average Bonchev–Trinajstić information content (AvgIpc) is 2.69. The number of nitrogens with zero attached hydrogens (tertiary/aromatic N) is 2. The van der Waals surface area contributed by atoms with E-state index in [0.717, 1.165) is 10.7 Å². The van der Waals surface area contributed by atoms with Crippen LogP contribution in [0.4, 0.5) is 0 Å². The zero-order valence-electron chi connectivity index (χ0n) is 10.3. The van der Waals surface area contributed by atoms with E-state index < -0.39 is 0 Å². The molecule has 0 atom stereocenters. The number of aromatic nitrogens is 2. The van der Waals surface area contributed by atoms with Crippen LogP contribution in [0.5, 0.6) is 0 Å². The van der Waals surface area contributed by atoms with Crippen LogP contribution in [0.2, 0.25) is 0 Å². The maximum Gasteiger partial charge on any atom is 0.250 e. The molecule has 0 bridgehead atoms. The first kappa shape index (κ1) is 12.0. The van der Waals surface area contributed by atoms with E-state index in [9.17, 15) is 4.79 Å². The predicted molar refractivity (Wildman–Crippen MR) is 70.6 cm³/mol.